The van der Waals surface area contributed by atoms with E-state index in [1.165, 1.54) is 51.4 Å². The number of nitrogens with one attached hydrogen (secondary N) is 1. The summed E-state index contributed by atoms with van der Waals surface area (Å²) in [5.41, 5.74) is 6.61. The lowest BCUT2D eigenvalue weighted by atomic mass is 9.67. The van der Waals surface area contributed by atoms with Gasteiger partial charge in [-0.3, -0.25) is 4.79 Å². The number of halogens is 1. The maximum Gasteiger partial charge on any atom is 0.223 e. The molecule has 0 heterocycles. The van der Waals surface area contributed by atoms with Gasteiger partial charge in [0.15, 0.2) is 0 Å². The summed E-state index contributed by atoms with van der Waals surface area (Å²) < 4.78 is 0. The quantitative estimate of drug-likeness (QED) is 0.823. The highest BCUT2D eigenvalue weighted by molar-refractivity contribution is 5.85. The second-order valence-electron chi connectivity index (χ2n) is 8.04. The van der Waals surface area contributed by atoms with Crippen LogP contribution < -0.4 is 11.1 Å². The van der Waals surface area contributed by atoms with Crippen LogP contribution in [0.3, 0.4) is 0 Å². The fraction of sp³-hybridized carbons (Fsp3) is 0.941. The van der Waals surface area contributed by atoms with E-state index in [4.69, 9.17) is 5.73 Å². The van der Waals surface area contributed by atoms with Crippen molar-refractivity contribution in [3.05, 3.63) is 0 Å². The van der Waals surface area contributed by atoms with Gasteiger partial charge in [0, 0.05) is 18.0 Å². The molecule has 1 amide bonds. The molecule has 4 saturated carbocycles. The number of carbonyl (C=O) groups is 1. The third kappa shape index (κ3) is 2.72. The van der Waals surface area contributed by atoms with Gasteiger partial charge < -0.3 is 11.1 Å². The third-order valence-electron chi connectivity index (χ3n) is 6.79. The van der Waals surface area contributed by atoms with Crippen LogP contribution in [0.5, 0.6) is 0 Å². The van der Waals surface area contributed by atoms with Gasteiger partial charge >= 0.3 is 0 Å². The standard InChI is InChI=1S/C17H28N2O.ClH/c18-13-8-11-4-3-5-12(9-13)15(11)19-16(20)14-10-17(14)6-1-2-7-17;/h11-15H,1-10,18H2,(H,19,20);1H. The second kappa shape index (κ2) is 5.73. The van der Waals surface area contributed by atoms with Crippen LogP contribution in [0.15, 0.2) is 0 Å². The molecule has 4 rings (SSSR count). The molecule has 0 radical (unpaired) electrons. The highest BCUT2D eigenvalue weighted by atomic mass is 35.5. The summed E-state index contributed by atoms with van der Waals surface area (Å²) in [5.74, 6) is 2.03. The Morgan fingerprint density at radius 3 is 2.29 bits per heavy atom. The molecular weight excluding hydrogens is 284 g/mol. The van der Waals surface area contributed by atoms with Gasteiger partial charge in [0.25, 0.3) is 0 Å². The van der Waals surface area contributed by atoms with Crippen molar-refractivity contribution < 1.29 is 4.79 Å². The lowest BCUT2D eigenvalue weighted by Gasteiger charge is -2.45. The van der Waals surface area contributed by atoms with Crippen LogP contribution >= 0.6 is 12.4 Å². The number of hydrogen-bond acceptors (Lipinski definition) is 2. The first-order valence-electron chi connectivity index (χ1n) is 8.74. The van der Waals surface area contributed by atoms with E-state index in [0.717, 1.165) is 12.8 Å². The van der Waals surface area contributed by atoms with Gasteiger partial charge in [-0.05, 0) is 62.2 Å². The summed E-state index contributed by atoms with van der Waals surface area (Å²) in [6, 6.07) is 0.815. The molecule has 2 bridgehead atoms. The zero-order valence-electron chi connectivity index (χ0n) is 12.9. The van der Waals surface area contributed by atoms with E-state index in [-0.39, 0.29) is 12.4 Å². The van der Waals surface area contributed by atoms with Gasteiger partial charge in [0.05, 0.1) is 0 Å². The van der Waals surface area contributed by atoms with Crippen LogP contribution in [0, 0.1) is 23.2 Å². The maximum absolute atomic E-state index is 12.6. The smallest absolute Gasteiger partial charge is 0.223 e. The molecule has 3 unspecified atom stereocenters. The minimum Gasteiger partial charge on any atom is -0.353 e. The monoisotopic (exact) mass is 312 g/mol. The summed E-state index contributed by atoms with van der Waals surface area (Å²) in [5, 5.41) is 3.46. The summed E-state index contributed by atoms with van der Waals surface area (Å²) in [4.78, 5) is 12.6. The third-order valence-corrected chi connectivity index (χ3v) is 6.79. The van der Waals surface area contributed by atoms with Crippen molar-refractivity contribution in [2.45, 2.75) is 76.3 Å². The Hall–Kier alpha value is -0.280. The van der Waals surface area contributed by atoms with Gasteiger partial charge in [-0.2, -0.15) is 0 Å². The van der Waals surface area contributed by atoms with Crippen molar-refractivity contribution in [3.63, 3.8) is 0 Å². The Kier molecular flexibility index (Phi) is 4.26. The molecule has 4 fully saturated rings. The SMILES string of the molecule is Cl.NC1CC2CCCC(C1)C2NC(=O)C1CC12CCCC2. The van der Waals surface area contributed by atoms with Crippen LogP contribution in [0.4, 0.5) is 0 Å². The van der Waals surface area contributed by atoms with E-state index in [1.807, 2.05) is 0 Å². The van der Waals surface area contributed by atoms with Gasteiger partial charge in [-0.15, -0.1) is 12.4 Å². The normalized spacial score (nSPS) is 43.2. The molecule has 0 aromatic heterocycles. The molecule has 4 aliphatic carbocycles. The highest BCUT2D eigenvalue weighted by Crippen LogP contribution is 2.63. The molecule has 1 spiro atoms. The van der Waals surface area contributed by atoms with Gasteiger partial charge in [-0.1, -0.05) is 19.3 Å². The molecule has 21 heavy (non-hydrogen) atoms. The predicted molar refractivity (Wildman–Crippen MR) is 86.2 cm³/mol. The largest absolute Gasteiger partial charge is 0.353 e. The Bertz CT molecular complexity index is 394. The maximum atomic E-state index is 12.6. The number of hydrogen-bond donors (Lipinski definition) is 2. The van der Waals surface area contributed by atoms with Crippen LogP contribution in [0.25, 0.3) is 0 Å². The van der Waals surface area contributed by atoms with Crippen molar-refractivity contribution in [3.8, 4) is 0 Å². The molecule has 3 atom stereocenters. The van der Waals surface area contributed by atoms with Crippen LogP contribution in [0.2, 0.25) is 0 Å². The zero-order valence-corrected chi connectivity index (χ0v) is 13.7. The first-order chi connectivity index (χ1) is 9.68. The van der Waals surface area contributed by atoms with Crippen molar-refractivity contribution in [2.75, 3.05) is 0 Å². The molecule has 0 aliphatic heterocycles. The molecule has 3 N–H and O–H groups in total. The number of rotatable bonds is 2. The molecule has 4 aliphatic rings. The Morgan fingerprint density at radius 1 is 1.05 bits per heavy atom. The fourth-order valence-corrected chi connectivity index (χ4v) is 5.64. The molecule has 3 nitrogen and oxygen atoms in total. The molecular formula is C17H29ClN2O. The molecule has 120 valence electrons. The lowest BCUT2D eigenvalue weighted by Crippen LogP contribution is -2.54. The summed E-state index contributed by atoms with van der Waals surface area (Å²) in [6.07, 6.45) is 12.6. The first-order valence-corrected chi connectivity index (χ1v) is 8.74. The van der Waals surface area contributed by atoms with Crippen LogP contribution in [-0.4, -0.2) is 18.0 Å². The van der Waals surface area contributed by atoms with Crippen molar-refractivity contribution in [1.29, 1.82) is 0 Å². The number of amides is 1. The molecule has 0 saturated heterocycles. The average molecular weight is 313 g/mol. The minimum absolute atomic E-state index is 0. The number of fused-ring (bicyclic) bond motifs is 2. The van der Waals surface area contributed by atoms with E-state index >= 15 is 0 Å². The lowest BCUT2D eigenvalue weighted by molar-refractivity contribution is -0.125. The second-order valence-corrected chi connectivity index (χ2v) is 8.04. The van der Waals surface area contributed by atoms with Gasteiger partial charge in [0.2, 0.25) is 5.91 Å². The zero-order chi connectivity index (χ0) is 13.7. The Labute approximate surface area is 134 Å². The molecule has 4 heteroatoms. The number of nitrogens with two attached hydrogens (primary N) is 1. The summed E-state index contributed by atoms with van der Waals surface area (Å²) in [6.45, 7) is 0. The minimum atomic E-state index is 0. The average Bonchev–Trinajstić information content (AvgIpc) is 2.89. The van der Waals surface area contributed by atoms with E-state index in [2.05, 4.69) is 5.32 Å². The molecule has 0 aromatic carbocycles. The van der Waals surface area contributed by atoms with E-state index < -0.39 is 0 Å². The predicted octanol–water partition coefficient (Wildman–Crippen LogP) is 3.01. The van der Waals surface area contributed by atoms with Crippen molar-refractivity contribution >= 4 is 18.3 Å². The van der Waals surface area contributed by atoms with Crippen molar-refractivity contribution in [2.24, 2.45) is 28.9 Å². The van der Waals surface area contributed by atoms with E-state index in [9.17, 15) is 4.79 Å². The van der Waals surface area contributed by atoms with E-state index in [0.29, 0.717) is 41.2 Å². The highest BCUT2D eigenvalue weighted by Gasteiger charge is 2.59. The van der Waals surface area contributed by atoms with Crippen LogP contribution in [-0.2, 0) is 4.79 Å². The van der Waals surface area contributed by atoms with Gasteiger partial charge in [0.1, 0.15) is 0 Å². The summed E-state index contributed by atoms with van der Waals surface area (Å²) >= 11 is 0. The van der Waals surface area contributed by atoms with Crippen LogP contribution in [0.1, 0.15) is 64.2 Å². The fourth-order valence-electron chi connectivity index (χ4n) is 5.64. The molecule has 0 aromatic rings. The number of carbonyl (C=O) groups excluding carboxylic acids is 1. The Morgan fingerprint density at radius 2 is 1.67 bits per heavy atom. The summed E-state index contributed by atoms with van der Waals surface area (Å²) in [7, 11) is 0. The van der Waals surface area contributed by atoms with E-state index in [1.54, 1.807) is 0 Å². The van der Waals surface area contributed by atoms with Crippen molar-refractivity contribution in [1.82, 2.24) is 5.32 Å². The Balaban J connectivity index is 0.00000132. The van der Waals surface area contributed by atoms with Gasteiger partial charge in [-0.25, -0.2) is 0 Å². The first kappa shape index (κ1) is 15.6. The topological polar surface area (TPSA) is 55.1 Å².